The van der Waals surface area contributed by atoms with Crippen molar-refractivity contribution in [2.45, 2.75) is 33.3 Å². The zero-order valence-electron chi connectivity index (χ0n) is 9.73. The van der Waals surface area contributed by atoms with Crippen LogP contribution in [0.25, 0.3) is 0 Å². The molecule has 1 heterocycles. The summed E-state index contributed by atoms with van der Waals surface area (Å²) < 4.78 is 10.4. The van der Waals surface area contributed by atoms with Crippen molar-refractivity contribution in [3.8, 4) is 5.75 Å². The van der Waals surface area contributed by atoms with Crippen LogP contribution in [0.5, 0.6) is 5.75 Å². The van der Waals surface area contributed by atoms with Crippen molar-refractivity contribution in [1.29, 1.82) is 0 Å². The summed E-state index contributed by atoms with van der Waals surface area (Å²) in [5, 5.41) is 8.77. The van der Waals surface area contributed by atoms with Crippen LogP contribution in [-0.4, -0.2) is 11.7 Å². The minimum Gasteiger partial charge on any atom is -0.486 e. The molecule has 0 saturated carbocycles. The molecule has 90 valence electrons. The molecule has 0 radical (unpaired) electrons. The van der Waals surface area contributed by atoms with Gasteiger partial charge in [0.15, 0.2) is 0 Å². The van der Waals surface area contributed by atoms with Gasteiger partial charge in [-0.1, -0.05) is 20.3 Å². The molecule has 0 aliphatic carbocycles. The highest BCUT2D eigenvalue weighted by atomic mass is 16.5. The summed E-state index contributed by atoms with van der Waals surface area (Å²) in [6.45, 7) is 4.42. The van der Waals surface area contributed by atoms with E-state index in [1.807, 2.05) is 0 Å². The Bertz CT molecular complexity index is 370. The first-order valence-corrected chi connectivity index (χ1v) is 5.52. The van der Waals surface area contributed by atoms with Gasteiger partial charge in [-0.15, -0.1) is 0 Å². The van der Waals surface area contributed by atoms with Gasteiger partial charge < -0.3 is 14.3 Å². The normalized spacial score (nSPS) is 12.4. The van der Waals surface area contributed by atoms with E-state index in [4.69, 9.17) is 14.3 Å². The van der Waals surface area contributed by atoms with E-state index in [0.29, 0.717) is 12.5 Å². The van der Waals surface area contributed by atoms with Crippen LogP contribution < -0.4 is 10.2 Å². The average molecular weight is 226 g/mol. The molecule has 1 N–H and O–H groups in total. The minimum atomic E-state index is -0.276. The van der Waals surface area contributed by atoms with Gasteiger partial charge in [-0.25, -0.2) is 0 Å². The van der Waals surface area contributed by atoms with Crippen molar-refractivity contribution in [3.63, 3.8) is 0 Å². The maximum atomic E-state index is 11.5. The standard InChI is InChI=1S/C12H18O4/c1-3-4-9(2)7-16-12-8-15-10(6-13)5-11(12)14/h5,8-9,13H,3-4,6-7H2,1-2H3. The third-order valence-corrected chi connectivity index (χ3v) is 2.31. The summed E-state index contributed by atoms with van der Waals surface area (Å²) in [5.74, 6) is 0.876. The van der Waals surface area contributed by atoms with E-state index in [9.17, 15) is 4.79 Å². The van der Waals surface area contributed by atoms with Gasteiger partial charge in [0.25, 0.3) is 0 Å². The fourth-order valence-corrected chi connectivity index (χ4v) is 1.43. The van der Waals surface area contributed by atoms with Crippen LogP contribution in [0.2, 0.25) is 0 Å². The van der Waals surface area contributed by atoms with Crippen LogP contribution in [-0.2, 0) is 6.61 Å². The summed E-state index contributed by atoms with van der Waals surface area (Å²) in [4.78, 5) is 11.5. The Morgan fingerprint density at radius 1 is 1.56 bits per heavy atom. The number of rotatable bonds is 6. The molecule has 0 spiro atoms. The number of aliphatic hydroxyl groups excluding tert-OH is 1. The smallest absolute Gasteiger partial charge is 0.227 e. The molecule has 4 heteroatoms. The van der Waals surface area contributed by atoms with Crippen LogP contribution >= 0.6 is 0 Å². The lowest BCUT2D eigenvalue weighted by molar-refractivity contribution is 0.225. The van der Waals surface area contributed by atoms with E-state index in [-0.39, 0.29) is 23.5 Å². The second-order valence-corrected chi connectivity index (χ2v) is 3.94. The van der Waals surface area contributed by atoms with Crippen molar-refractivity contribution in [2.24, 2.45) is 5.92 Å². The van der Waals surface area contributed by atoms with E-state index >= 15 is 0 Å². The van der Waals surface area contributed by atoms with Gasteiger partial charge in [-0.05, 0) is 12.3 Å². The molecule has 16 heavy (non-hydrogen) atoms. The van der Waals surface area contributed by atoms with Crippen LogP contribution in [0.4, 0.5) is 0 Å². The maximum Gasteiger partial charge on any atom is 0.227 e. The molecule has 1 rings (SSSR count). The van der Waals surface area contributed by atoms with E-state index in [0.717, 1.165) is 12.8 Å². The van der Waals surface area contributed by atoms with Crippen LogP contribution in [0.1, 0.15) is 32.4 Å². The van der Waals surface area contributed by atoms with Crippen molar-refractivity contribution in [1.82, 2.24) is 0 Å². The van der Waals surface area contributed by atoms with E-state index in [1.54, 1.807) is 0 Å². The van der Waals surface area contributed by atoms with Gasteiger partial charge in [-0.2, -0.15) is 0 Å². The Morgan fingerprint density at radius 3 is 2.88 bits per heavy atom. The van der Waals surface area contributed by atoms with Crippen molar-refractivity contribution < 1.29 is 14.3 Å². The first kappa shape index (κ1) is 12.8. The molecule has 0 aromatic carbocycles. The van der Waals surface area contributed by atoms with E-state index < -0.39 is 0 Å². The van der Waals surface area contributed by atoms with E-state index in [2.05, 4.69) is 13.8 Å². The molecule has 4 nitrogen and oxygen atoms in total. The van der Waals surface area contributed by atoms with Gasteiger partial charge >= 0.3 is 0 Å². The quantitative estimate of drug-likeness (QED) is 0.805. The zero-order chi connectivity index (χ0) is 12.0. The van der Waals surface area contributed by atoms with E-state index in [1.165, 1.54) is 12.3 Å². The minimum absolute atomic E-state index is 0.208. The third-order valence-electron chi connectivity index (χ3n) is 2.31. The molecular formula is C12H18O4. The van der Waals surface area contributed by atoms with Gasteiger partial charge in [0.05, 0.1) is 6.61 Å². The highest BCUT2D eigenvalue weighted by molar-refractivity contribution is 5.17. The van der Waals surface area contributed by atoms with Crippen LogP contribution in [0.3, 0.4) is 0 Å². The van der Waals surface area contributed by atoms with Gasteiger partial charge in [0, 0.05) is 6.07 Å². The molecule has 1 unspecified atom stereocenters. The Hall–Kier alpha value is -1.29. The summed E-state index contributed by atoms with van der Waals surface area (Å²) in [7, 11) is 0. The molecule has 0 aliphatic rings. The van der Waals surface area contributed by atoms with Crippen molar-refractivity contribution in [2.75, 3.05) is 6.61 Å². The highest BCUT2D eigenvalue weighted by Crippen LogP contribution is 2.10. The maximum absolute atomic E-state index is 11.5. The average Bonchev–Trinajstić information content (AvgIpc) is 2.27. The summed E-state index contributed by atoms with van der Waals surface area (Å²) in [5.41, 5.74) is -0.251. The summed E-state index contributed by atoms with van der Waals surface area (Å²) in [6.07, 6.45) is 3.43. The lowest BCUT2D eigenvalue weighted by Gasteiger charge is -2.11. The molecular weight excluding hydrogens is 208 g/mol. The van der Waals surface area contributed by atoms with Crippen molar-refractivity contribution in [3.05, 3.63) is 28.3 Å². The first-order chi connectivity index (χ1) is 7.67. The lowest BCUT2D eigenvalue weighted by Crippen LogP contribution is -2.13. The summed E-state index contributed by atoms with van der Waals surface area (Å²) in [6, 6.07) is 1.25. The van der Waals surface area contributed by atoms with Crippen molar-refractivity contribution >= 4 is 0 Å². The molecule has 1 atom stereocenters. The number of hydrogen-bond donors (Lipinski definition) is 1. The Balaban J connectivity index is 2.58. The predicted octanol–water partition coefficient (Wildman–Crippen LogP) is 1.95. The topological polar surface area (TPSA) is 59.7 Å². The van der Waals surface area contributed by atoms with Gasteiger partial charge in [0.1, 0.15) is 18.6 Å². The Labute approximate surface area is 94.9 Å². The summed E-state index contributed by atoms with van der Waals surface area (Å²) >= 11 is 0. The fourth-order valence-electron chi connectivity index (χ4n) is 1.43. The highest BCUT2D eigenvalue weighted by Gasteiger charge is 2.06. The number of hydrogen-bond acceptors (Lipinski definition) is 4. The second-order valence-electron chi connectivity index (χ2n) is 3.94. The lowest BCUT2D eigenvalue weighted by atomic mass is 10.1. The molecule has 1 aromatic rings. The fraction of sp³-hybridized carbons (Fsp3) is 0.583. The monoisotopic (exact) mass is 226 g/mol. The molecule has 0 aliphatic heterocycles. The predicted molar refractivity (Wildman–Crippen MR) is 60.5 cm³/mol. The molecule has 1 aromatic heterocycles. The first-order valence-electron chi connectivity index (χ1n) is 5.52. The largest absolute Gasteiger partial charge is 0.486 e. The number of ether oxygens (including phenoxy) is 1. The molecule has 0 fully saturated rings. The third kappa shape index (κ3) is 3.70. The molecule has 0 amide bonds. The zero-order valence-corrected chi connectivity index (χ0v) is 9.73. The van der Waals surface area contributed by atoms with Gasteiger partial charge in [-0.3, -0.25) is 4.79 Å². The number of aliphatic hydroxyl groups is 1. The SMILES string of the molecule is CCCC(C)COc1coc(CO)cc1=O. The van der Waals surface area contributed by atoms with Crippen LogP contribution in [0, 0.1) is 5.92 Å². The molecule has 0 bridgehead atoms. The molecule has 0 saturated heterocycles. The second kappa shape index (κ2) is 6.33. The van der Waals surface area contributed by atoms with Crippen LogP contribution in [0.15, 0.2) is 21.5 Å². The Morgan fingerprint density at radius 2 is 2.31 bits per heavy atom. The van der Waals surface area contributed by atoms with Gasteiger partial charge in [0.2, 0.25) is 11.2 Å². The Kier molecular flexibility index (Phi) is 5.05.